The van der Waals surface area contributed by atoms with Crippen LogP contribution in [0.2, 0.25) is 0 Å². The fraction of sp³-hybridized carbons (Fsp3) is 0.714. The second-order valence-electron chi connectivity index (χ2n) is 8.12. The van der Waals surface area contributed by atoms with Crippen LogP contribution in [0.25, 0.3) is 0 Å². The first-order chi connectivity index (χ1) is 14.2. The molecule has 4 heterocycles. The number of nitrogens with one attached hydrogen (secondary N) is 1. The monoisotopic (exact) mass is 402 g/mol. The number of hydrogen-bond donors (Lipinski definition) is 1. The number of aliphatic imine (C=N–C) groups is 1. The molecule has 3 fully saturated rings. The van der Waals surface area contributed by atoms with E-state index in [1.807, 2.05) is 13.2 Å². The first-order valence-electron chi connectivity index (χ1n) is 10.8. The summed E-state index contributed by atoms with van der Waals surface area (Å²) in [6.45, 7) is 8.22. The molecule has 0 spiro atoms. The second-order valence-corrected chi connectivity index (χ2v) is 8.12. The van der Waals surface area contributed by atoms with Gasteiger partial charge in [-0.05, 0) is 31.5 Å². The molecule has 2 atom stereocenters. The minimum absolute atomic E-state index is 0.134. The van der Waals surface area contributed by atoms with Crippen LogP contribution in [0.4, 0.5) is 5.82 Å². The van der Waals surface area contributed by atoms with Gasteiger partial charge in [-0.2, -0.15) is 0 Å². The Morgan fingerprint density at radius 3 is 2.66 bits per heavy atom. The van der Waals surface area contributed by atoms with Crippen molar-refractivity contribution in [1.29, 1.82) is 0 Å². The van der Waals surface area contributed by atoms with Crippen LogP contribution in [0.15, 0.2) is 23.3 Å². The number of piperazine rings is 1. The molecule has 8 heteroatoms. The number of pyridine rings is 1. The van der Waals surface area contributed by atoms with Gasteiger partial charge in [0.1, 0.15) is 11.9 Å². The molecule has 0 bridgehead atoms. The Labute approximate surface area is 173 Å². The third-order valence-corrected chi connectivity index (χ3v) is 6.07. The highest BCUT2D eigenvalue weighted by molar-refractivity contribution is 5.80. The van der Waals surface area contributed by atoms with Crippen molar-refractivity contribution < 1.29 is 9.47 Å². The predicted octanol–water partition coefficient (Wildman–Crippen LogP) is 0.789. The normalized spacial score (nSPS) is 26.8. The van der Waals surface area contributed by atoms with Gasteiger partial charge < -0.3 is 29.5 Å². The molecule has 0 radical (unpaired) electrons. The SMILES string of the molecule is CN=C(NCc1ccc(N2CCN(C)CC2)nc1)N1CCOC(C2CCCO2)C1. The van der Waals surface area contributed by atoms with Crippen molar-refractivity contribution >= 4 is 11.8 Å². The highest BCUT2D eigenvalue weighted by atomic mass is 16.5. The Morgan fingerprint density at radius 2 is 1.97 bits per heavy atom. The zero-order valence-corrected chi connectivity index (χ0v) is 17.7. The van der Waals surface area contributed by atoms with Crippen molar-refractivity contribution in [3.63, 3.8) is 0 Å². The molecule has 3 aliphatic heterocycles. The molecule has 3 saturated heterocycles. The van der Waals surface area contributed by atoms with E-state index in [4.69, 9.17) is 9.47 Å². The molecule has 4 rings (SSSR count). The maximum atomic E-state index is 5.96. The van der Waals surface area contributed by atoms with E-state index >= 15 is 0 Å². The van der Waals surface area contributed by atoms with E-state index in [1.165, 1.54) is 0 Å². The quantitative estimate of drug-likeness (QED) is 0.590. The molecular formula is C21H34N6O2. The van der Waals surface area contributed by atoms with E-state index < -0.39 is 0 Å². The third kappa shape index (κ3) is 5.18. The van der Waals surface area contributed by atoms with Gasteiger partial charge in [0.05, 0.1) is 12.7 Å². The lowest BCUT2D eigenvalue weighted by atomic mass is 10.1. The van der Waals surface area contributed by atoms with Crippen molar-refractivity contribution in [1.82, 2.24) is 20.1 Å². The number of anilines is 1. The maximum absolute atomic E-state index is 5.96. The van der Waals surface area contributed by atoms with E-state index in [2.05, 4.69) is 49.2 Å². The summed E-state index contributed by atoms with van der Waals surface area (Å²) in [5.41, 5.74) is 1.16. The zero-order valence-electron chi connectivity index (χ0n) is 17.7. The van der Waals surface area contributed by atoms with Gasteiger partial charge in [-0.25, -0.2) is 4.98 Å². The topological polar surface area (TPSA) is 65.5 Å². The van der Waals surface area contributed by atoms with Crippen LogP contribution in [0, 0.1) is 0 Å². The van der Waals surface area contributed by atoms with Gasteiger partial charge >= 0.3 is 0 Å². The van der Waals surface area contributed by atoms with Crippen LogP contribution < -0.4 is 10.2 Å². The van der Waals surface area contributed by atoms with Crippen LogP contribution in [0.5, 0.6) is 0 Å². The zero-order chi connectivity index (χ0) is 20.1. The fourth-order valence-electron chi connectivity index (χ4n) is 4.25. The van der Waals surface area contributed by atoms with E-state index in [0.717, 1.165) is 76.1 Å². The Morgan fingerprint density at radius 1 is 1.14 bits per heavy atom. The highest BCUT2D eigenvalue weighted by Gasteiger charge is 2.32. The van der Waals surface area contributed by atoms with Crippen LogP contribution in [-0.4, -0.2) is 99.5 Å². The molecule has 29 heavy (non-hydrogen) atoms. The van der Waals surface area contributed by atoms with E-state index in [9.17, 15) is 0 Å². The van der Waals surface area contributed by atoms with E-state index in [1.54, 1.807) is 0 Å². The van der Waals surface area contributed by atoms with Gasteiger partial charge in [0.15, 0.2) is 5.96 Å². The molecule has 3 aliphatic rings. The number of ether oxygens (including phenoxy) is 2. The predicted molar refractivity (Wildman–Crippen MR) is 114 cm³/mol. The lowest BCUT2D eigenvalue weighted by molar-refractivity contribution is -0.0817. The molecule has 2 unspecified atom stereocenters. The molecule has 1 aromatic rings. The Kier molecular flexibility index (Phi) is 6.84. The van der Waals surface area contributed by atoms with Gasteiger partial charge in [0.2, 0.25) is 0 Å². The standard InChI is InChI=1S/C21H34N6O2/c1-22-21(27-11-13-29-19(16-27)18-4-3-12-28-18)24-15-17-5-6-20(23-14-17)26-9-7-25(2)8-10-26/h5-6,14,18-19H,3-4,7-13,15-16H2,1-2H3,(H,22,24). The number of aromatic nitrogens is 1. The molecule has 0 saturated carbocycles. The van der Waals surface area contributed by atoms with Gasteiger partial charge in [-0.3, -0.25) is 4.99 Å². The summed E-state index contributed by atoms with van der Waals surface area (Å²) in [5.74, 6) is 1.98. The fourth-order valence-corrected chi connectivity index (χ4v) is 4.25. The first-order valence-corrected chi connectivity index (χ1v) is 10.8. The molecular weight excluding hydrogens is 368 g/mol. The van der Waals surface area contributed by atoms with E-state index in [0.29, 0.717) is 13.2 Å². The molecule has 160 valence electrons. The number of nitrogens with zero attached hydrogens (tertiary/aromatic N) is 5. The molecule has 1 aromatic heterocycles. The smallest absolute Gasteiger partial charge is 0.194 e. The first kappa shape index (κ1) is 20.4. The van der Waals surface area contributed by atoms with Gasteiger partial charge in [-0.15, -0.1) is 0 Å². The maximum Gasteiger partial charge on any atom is 0.194 e. The minimum Gasteiger partial charge on any atom is -0.375 e. The molecule has 0 amide bonds. The van der Waals surface area contributed by atoms with Crippen LogP contribution in [0.1, 0.15) is 18.4 Å². The van der Waals surface area contributed by atoms with Crippen molar-refractivity contribution in [2.75, 3.05) is 71.5 Å². The Bertz CT molecular complexity index is 668. The lowest BCUT2D eigenvalue weighted by Crippen LogP contribution is -2.53. The summed E-state index contributed by atoms with van der Waals surface area (Å²) in [5, 5.41) is 3.49. The van der Waals surface area contributed by atoms with Crippen molar-refractivity contribution in [3.05, 3.63) is 23.9 Å². The van der Waals surface area contributed by atoms with Gasteiger partial charge in [-0.1, -0.05) is 6.07 Å². The summed E-state index contributed by atoms with van der Waals surface area (Å²) in [6, 6.07) is 4.29. The summed E-state index contributed by atoms with van der Waals surface area (Å²) in [7, 11) is 4.01. The van der Waals surface area contributed by atoms with Crippen molar-refractivity contribution in [2.45, 2.75) is 31.6 Å². The third-order valence-electron chi connectivity index (χ3n) is 6.07. The number of rotatable bonds is 4. The molecule has 0 aliphatic carbocycles. The summed E-state index contributed by atoms with van der Waals surface area (Å²) in [6.07, 6.45) is 4.56. The number of hydrogen-bond acceptors (Lipinski definition) is 6. The second kappa shape index (κ2) is 9.73. The lowest BCUT2D eigenvalue weighted by Gasteiger charge is -2.37. The van der Waals surface area contributed by atoms with Gasteiger partial charge in [0.25, 0.3) is 0 Å². The minimum atomic E-state index is 0.134. The van der Waals surface area contributed by atoms with Crippen LogP contribution in [-0.2, 0) is 16.0 Å². The molecule has 1 N–H and O–H groups in total. The number of likely N-dealkylation sites (N-methyl/N-ethyl adjacent to an activating group) is 1. The average Bonchev–Trinajstić information content (AvgIpc) is 3.31. The van der Waals surface area contributed by atoms with Crippen molar-refractivity contribution in [2.24, 2.45) is 4.99 Å². The average molecular weight is 403 g/mol. The number of morpholine rings is 1. The van der Waals surface area contributed by atoms with Crippen LogP contribution >= 0.6 is 0 Å². The largest absolute Gasteiger partial charge is 0.375 e. The summed E-state index contributed by atoms with van der Waals surface area (Å²) < 4.78 is 11.8. The van der Waals surface area contributed by atoms with Crippen molar-refractivity contribution in [3.8, 4) is 0 Å². The Hall–Kier alpha value is -1.90. The molecule has 0 aromatic carbocycles. The number of guanidine groups is 1. The highest BCUT2D eigenvalue weighted by Crippen LogP contribution is 2.21. The van der Waals surface area contributed by atoms with E-state index in [-0.39, 0.29) is 12.2 Å². The van der Waals surface area contributed by atoms with Gasteiger partial charge in [0, 0.05) is 65.7 Å². The molecule has 8 nitrogen and oxygen atoms in total. The summed E-state index contributed by atoms with van der Waals surface area (Å²) >= 11 is 0. The Balaban J connectivity index is 1.29. The van der Waals surface area contributed by atoms with Crippen LogP contribution in [0.3, 0.4) is 0 Å². The summed E-state index contributed by atoms with van der Waals surface area (Å²) in [4.78, 5) is 16.2.